The molecule has 0 unspecified atom stereocenters. The van der Waals surface area contributed by atoms with Crippen LogP contribution in [0.4, 0.5) is 0 Å². The van der Waals surface area contributed by atoms with Gasteiger partial charge in [0.2, 0.25) is 0 Å². The van der Waals surface area contributed by atoms with E-state index in [1.807, 2.05) is 19.9 Å². The van der Waals surface area contributed by atoms with E-state index in [9.17, 15) is 4.79 Å². The van der Waals surface area contributed by atoms with Gasteiger partial charge in [-0.2, -0.15) is 0 Å². The fraction of sp³-hybridized carbons (Fsp3) is 0.444. The second-order valence-electron chi connectivity index (χ2n) is 3.16. The van der Waals surface area contributed by atoms with Crippen LogP contribution >= 0.6 is 11.6 Å². The third kappa shape index (κ3) is 1.69. The van der Waals surface area contributed by atoms with E-state index < -0.39 is 0 Å². The maximum Gasteiger partial charge on any atom is 0.251 e. The molecule has 0 saturated heterocycles. The third-order valence-electron chi connectivity index (χ3n) is 1.89. The Balaban J connectivity index is 3.31. The van der Waals surface area contributed by atoms with E-state index in [4.69, 9.17) is 11.6 Å². The van der Waals surface area contributed by atoms with Gasteiger partial charge in [-0.15, -0.1) is 0 Å². The predicted molar refractivity (Wildman–Crippen MR) is 50.8 cm³/mol. The summed E-state index contributed by atoms with van der Waals surface area (Å²) in [6.45, 7) is 4.07. The molecule has 0 aliphatic heterocycles. The van der Waals surface area contributed by atoms with E-state index in [0.717, 1.165) is 5.56 Å². The Hall–Kier alpha value is -0.760. The van der Waals surface area contributed by atoms with Crippen LogP contribution in [0.25, 0.3) is 0 Å². The molecule has 2 nitrogen and oxygen atoms in total. The second-order valence-corrected chi connectivity index (χ2v) is 3.55. The standard InChI is InChI=1S/C9H12ClNO/c1-6(2)7-4-8(10)11(3)9(12)5-7/h4-6H,1-3H3. The maximum absolute atomic E-state index is 11.2. The molecule has 0 aliphatic carbocycles. The fourth-order valence-corrected chi connectivity index (χ4v) is 1.16. The quantitative estimate of drug-likeness (QED) is 0.615. The van der Waals surface area contributed by atoms with Crippen LogP contribution in [-0.4, -0.2) is 4.57 Å². The molecule has 3 heteroatoms. The van der Waals surface area contributed by atoms with Crippen molar-refractivity contribution in [2.45, 2.75) is 19.8 Å². The summed E-state index contributed by atoms with van der Waals surface area (Å²) in [5.74, 6) is 0.344. The minimum atomic E-state index is -0.0498. The van der Waals surface area contributed by atoms with Gasteiger partial charge in [-0.1, -0.05) is 25.4 Å². The Kier molecular flexibility index (Phi) is 2.58. The highest BCUT2D eigenvalue weighted by Gasteiger charge is 2.03. The summed E-state index contributed by atoms with van der Waals surface area (Å²) in [7, 11) is 1.66. The zero-order valence-electron chi connectivity index (χ0n) is 7.47. The highest BCUT2D eigenvalue weighted by molar-refractivity contribution is 6.29. The summed E-state index contributed by atoms with van der Waals surface area (Å²) < 4.78 is 1.42. The molecule has 0 bridgehead atoms. The molecule has 0 N–H and O–H groups in total. The lowest BCUT2D eigenvalue weighted by Crippen LogP contribution is -2.17. The van der Waals surface area contributed by atoms with Crippen LogP contribution in [0, 0.1) is 0 Å². The van der Waals surface area contributed by atoms with E-state index in [2.05, 4.69) is 0 Å². The van der Waals surface area contributed by atoms with Crippen molar-refractivity contribution >= 4 is 11.6 Å². The first-order valence-electron chi connectivity index (χ1n) is 3.89. The van der Waals surface area contributed by atoms with Crippen molar-refractivity contribution in [1.29, 1.82) is 0 Å². The maximum atomic E-state index is 11.2. The van der Waals surface area contributed by atoms with Gasteiger partial charge < -0.3 is 4.57 Å². The zero-order chi connectivity index (χ0) is 9.30. The van der Waals surface area contributed by atoms with Crippen molar-refractivity contribution in [1.82, 2.24) is 4.57 Å². The van der Waals surface area contributed by atoms with Gasteiger partial charge in [0.15, 0.2) is 0 Å². The molecule has 0 spiro atoms. The third-order valence-corrected chi connectivity index (χ3v) is 2.26. The minimum Gasteiger partial charge on any atom is -0.302 e. The van der Waals surface area contributed by atoms with Crippen LogP contribution in [0.5, 0.6) is 0 Å². The van der Waals surface area contributed by atoms with Crippen molar-refractivity contribution < 1.29 is 0 Å². The summed E-state index contributed by atoms with van der Waals surface area (Å²) in [5.41, 5.74) is 0.939. The van der Waals surface area contributed by atoms with Crippen LogP contribution in [0.1, 0.15) is 25.3 Å². The molecule has 1 aromatic heterocycles. The van der Waals surface area contributed by atoms with E-state index in [-0.39, 0.29) is 5.56 Å². The molecule has 0 aromatic carbocycles. The molecule has 1 heterocycles. The summed E-state index contributed by atoms with van der Waals surface area (Å²) in [6, 6.07) is 3.45. The number of pyridine rings is 1. The summed E-state index contributed by atoms with van der Waals surface area (Å²) in [4.78, 5) is 11.2. The fourth-order valence-electron chi connectivity index (χ4n) is 0.954. The number of aromatic nitrogens is 1. The van der Waals surface area contributed by atoms with Gasteiger partial charge >= 0.3 is 0 Å². The van der Waals surface area contributed by atoms with E-state index in [0.29, 0.717) is 11.1 Å². The topological polar surface area (TPSA) is 22.0 Å². The van der Waals surface area contributed by atoms with Crippen LogP contribution in [0.3, 0.4) is 0 Å². The normalized spacial score (nSPS) is 10.8. The summed E-state index contributed by atoms with van der Waals surface area (Å²) in [5, 5.41) is 0.492. The van der Waals surface area contributed by atoms with E-state index in [1.54, 1.807) is 13.1 Å². The Bertz CT molecular complexity index is 341. The summed E-state index contributed by atoms with van der Waals surface area (Å²) in [6.07, 6.45) is 0. The smallest absolute Gasteiger partial charge is 0.251 e. The Morgan fingerprint density at radius 2 is 2.00 bits per heavy atom. The average Bonchev–Trinajstić information content (AvgIpc) is 1.99. The molecule has 66 valence electrons. The van der Waals surface area contributed by atoms with Gasteiger partial charge in [0.25, 0.3) is 5.56 Å². The lowest BCUT2D eigenvalue weighted by Gasteiger charge is -2.07. The molecular formula is C9H12ClNO. The van der Waals surface area contributed by atoms with Crippen molar-refractivity contribution in [3.05, 3.63) is 33.2 Å². The first-order valence-corrected chi connectivity index (χ1v) is 4.26. The highest BCUT2D eigenvalue weighted by Crippen LogP contribution is 2.15. The largest absolute Gasteiger partial charge is 0.302 e. The molecule has 1 aromatic rings. The predicted octanol–water partition coefficient (Wildman–Crippen LogP) is 2.16. The van der Waals surface area contributed by atoms with Crippen molar-refractivity contribution in [3.63, 3.8) is 0 Å². The van der Waals surface area contributed by atoms with Crippen LogP contribution < -0.4 is 5.56 Å². The molecule has 12 heavy (non-hydrogen) atoms. The van der Waals surface area contributed by atoms with Crippen LogP contribution in [0.2, 0.25) is 5.15 Å². The van der Waals surface area contributed by atoms with Gasteiger partial charge in [0.1, 0.15) is 5.15 Å². The van der Waals surface area contributed by atoms with Crippen molar-refractivity contribution in [2.24, 2.45) is 7.05 Å². The molecule has 0 atom stereocenters. The van der Waals surface area contributed by atoms with Crippen LogP contribution in [0.15, 0.2) is 16.9 Å². The molecule has 0 aliphatic rings. The molecule has 0 radical (unpaired) electrons. The average molecular weight is 186 g/mol. The molecule has 1 rings (SSSR count). The second kappa shape index (κ2) is 3.31. The van der Waals surface area contributed by atoms with Gasteiger partial charge in [0, 0.05) is 13.1 Å². The summed E-state index contributed by atoms with van der Waals surface area (Å²) >= 11 is 5.83. The SMILES string of the molecule is CC(C)c1cc(Cl)n(C)c(=O)c1. The Morgan fingerprint density at radius 3 is 2.42 bits per heavy atom. The highest BCUT2D eigenvalue weighted by atomic mass is 35.5. The van der Waals surface area contributed by atoms with Crippen LogP contribution in [-0.2, 0) is 7.05 Å². The van der Waals surface area contributed by atoms with Gasteiger partial charge in [-0.25, -0.2) is 0 Å². The monoisotopic (exact) mass is 185 g/mol. The number of hydrogen-bond acceptors (Lipinski definition) is 1. The zero-order valence-corrected chi connectivity index (χ0v) is 8.22. The van der Waals surface area contributed by atoms with Gasteiger partial charge in [0.05, 0.1) is 0 Å². The number of hydrogen-bond donors (Lipinski definition) is 0. The lowest BCUT2D eigenvalue weighted by molar-refractivity contribution is 0.814. The number of halogens is 1. The first-order chi connectivity index (χ1) is 5.52. The molecule has 0 fully saturated rings. The number of rotatable bonds is 1. The first kappa shape index (κ1) is 9.33. The Labute approximate surface area is 76.8 Å². The molecular weight excluding hydrogens is 174 g/mol. The van der Waals surface area contributed by atoms with E-state index in [1.165, 1.54) is 4.57 Å². The minimum absolute atomic E-state index is 0.0498. The van der Waals surface area contributed by atoms with Crippen molar-refractivity contribution in [3.8, 4) is 0 Å². The number of nitrogens with zero attached hydrogens (tertiary/aromatic N) is 1. The molecule has 0 saturated carbocycles. The Morgan fingerprint density at radius 1 is 1.42 bits per heavy atom. The van der Waals surface area contributed by atoms with Gasteiger partial charge in [-0.3, -0.25) is 4.79 Å². The van der Waals surface area contributed by atoms with Crippen molar-refractivity contribution in [2.75, 3.05) is 0 Å². The van der Waals surface area contributed by atoms with Gasteiger partial charge in [-0.05, 0) is 17.5 Å². The van der Waals surface area contributed by atoms with E-state index >= 15 is 0 Å². The lowest BCUT2D eigenvalue weighted by atomic mass is 10.1. The molecule has 0 amide bonds.